The van der Waals surface area contributed by atoms with E-state index in [4.69, 9.17) is 11.6 Å². The van der Waals surface area contributed by atoms with E-state index in [1.807, 2.05) is 11.9 Å². The first kappa shape index (κ1) is 20.6. The first-order valence-electron chi connectivity index (χ1n) is 8.96. The third-order valence-electron chi connectivity index (χ3n) is 4.74. The lowest BCUT2D eigenvalue weighted by Crippen LogP contribution is -2.47. The van der Waals surface area contributed by atoms with Crippen molar-refractivity contribution in [2.24, 2.45) is 0 Å². The number of aromatic nitrogens is 1. The Morgan fingerprint density at radius 1 is 1.14 bits per heavy atom. The standard InChI is InChI=1S/C19H23ClN4O3S/c1-14-16(20)6-4-7-17(14)28(26,27)22-18-8-3-5-15(21-18)13-19(25)24-11-9-23(2)10-12-24/h3-8H,9-13H2,1-2H3,(H,21,22). The van der Waals surface area contributed by atoms with E-state index < -0.39 is 10.0 Å². The number of piperazine rings is 1. The van der Waals surface area contributed by atoms with E-state index in [2.05, 4.69) is 14.6 Å². The highest BCUT2D eigenvalue weighted by Crippen LogP contribution is 2.24. The van der Waals surface area contributed by atoms with Crippen molar-refractivity contribution in [2.75, 3.05) is 37.9 Å². The number of rotatable bonds is 5. The molecule has 2 heterocycles. The molecule has 0 bridgehead atoms. The Bertz CT molecular complexity index is 973. The predicted molar refractivity (Wildman–Crippen MR) is 109 cm³/mol. The fourth-order valence-electron chi connectivity index (χ4n) is 3.03. The number of halogens is 1. The molecular weight excluding hydrogens is 400 g/mol. The molecule has 0 unspecified atom stereocenters. The van der Waals surface area contributed by atoms with E-state index in [0.29, 0.717) is 29.4 Å². The van der Waals surface area contributed by atoms with Gasteiger partial charge in [0.2, 0.25) is 5.91 Å². The van der Waals surface area contributed by atoms with Crippen LogP contribution in [0.4, 0.5) is 5.82 Å². The summed E-state index contributed by atoms with van der Waals surface area (Å²) in [6.07, 6.45) is 0.134. The number of benzene rings is 1. The molecule has 0 aliphatic carbocycles. The third kappa shape index (κ3) is 4.81. The highest BCUT2D eigenvalue weighted by molar-refractivity contribution is 7.92. The summed E-state index contributed by atoms with van der Waals surface area (Å²) in [6, 6.07) is 9.67. The number of likely N-dealkylation sites (N-methyl/N-ethyl adjacent to an activating group) is 1. The van der Waals surface area contributed by atoms with Gasteiger partial charge < -0.3 is 9.80 Å². The minimum atomic E-state index is -3.84. The zero-order chi connectivity index (χ0) is 20.3. The van der Waals surface area contributed by atoms with Crippen molar-refractivity contribution >= 4 is 33.3 Å². The second-order valence-corrected chi connectivity index (χ2v) is 8.90. The van der Waals surface area contributed by atoms with Gasteiger partial charge in [-0.2, -0.15) is 0 Å². The van der Waals surface area contributed by atoms with Crippen molar-refractivity contribution in [3.8, 4) is 0 Å². The van der Waals surface area contributed by atoms with Crippen LogP contribution in [0.15, 0.2) is 41.3 Å². The Labute approximate surface area is 170 Å². The van der Waals surface area contributed by atoms with Crippen LogP contribution in [-0.4, -0.2) is 62.3 Å². The third-order valence-corrected chi connectivity index (χ3v) is 6.65. The fourth-order valence-corrected chi connectivity index (χ4v) is 4.53. The van der Waals surface area contributed by atoms with Crippen LogP contribution in [0.3, 0.4) is 0 Å². The van der Waals surface area contributed by atoms with Crippen molar-refractivity contribution < 1.29 is 13.2 Å². The molecule has 0 saturated carbocycles. The first-order valence-corrected chi connectivity index (χ1v) is 10.8. The Kier molecular flexibility index (Phi) is 6.22. The molecule has 0 atom stereocenters. The second kappa shape index (κ2) is 8.46. The number of carbonyl (C=O) groups excluding carboxylic acids is 1. The largest absolute Gasteiger partial charge is 0.340 e. The van der Waals surface area contributed by atoms with Crippen molar-refractivity contribution in [3.05, 3.63) is 52.7 Å². The monoisotopic (exact) mass is 422 g/mol. The zero-order valence-corrected chi connectivity index (χ0v) is 17.4. The van der Waals surface area contributed by atoms with Gasteiger partial charge in [-0.15, -0.1) is 0 Å². The number of carbonyl (C=O) groups is 1. The average Bonchev–Trinajstić information content (AvgIpc) is 2.64. The molecule has 7 nitrogen and oxygen atoms in total. The number of amides is 1. The molecule has 1 saturated heterocycles. The van der Waals surface area contributed by atoms with Gasteiger partial charge in [-0.25, -0.2) is 13.4 Å². The molecule has 1 aliphatic rings. The van der Waals surface area contributed by atoms with Gasteiger partial charge in [-0.1, -0.05) is 23.7 Å². The van der Waals surface area contributed by atoms with E-state index in [1.54, 1.807) is 37.3 Å². The number of pyridine rings is 1. The summed E-state index contributed by atoms with van der Waals surface area (Å²) in [7, 11) is -1.81. The van der Waals surface area contributed by atoms with Gasteiger partial charge in [-0.3, -0.25) is 9.52 Å². The summed E-state index contributed by atoms with van der Waals surface area (Å²) < 4.78 is 27.9. The minimum absolute atomic E-state index is 0.00806. The molecule has 2 aromatic rings. The van der Waals surface area contributed by atoms with E-state index in [9.17, 15) is 13.2 Å². The van der Waals surface area contributed by atoms with Crippen LogP contribution in [-0.2, 0) is 21.2 Å². The molecule has 1 aromatic carbocycles. The lowest BCUT2D eigenvalue weighted by atomic mass is 10.2. The Morgan fingerprint density at radius 3 is 2.54 bits per heavy atom. The topological polar surface area (TPSA) is 82.6 Å². The van der Waals surface area contributed by atoms with Crippen LogP contribution in [0.1, 0.15) is 11.3 Å². The predicted octanol–water partition coefficient (Wildman–Crippen LogP) is 2.16. The van der Waals surface area contributed by atoms with Crippen LogP contribution in [0.25, 0.3) is 0 Å². The molecule has 1 aromatic heterocycles. The van der Waals surface area contributed by atoms with Gasteiger partial charge >= 0.3 is 0 Å². The van der Waals surface area contributed by atoms with Gasteiger partial charge in [0.1, 0.15) is 5.82 Å². The molecule has 3 rings (SSSR count). The molecule has 9 heteroatoms. The van der Waals surface area contributed by atoms with Gasteiger partial charge in [0.15, 0.2) is 0 Å². The molecule has 0 radical (unpaired) electrons. The summed E-state index contributed by atoms with van der Waals surface area (Å²) >= 11 is 6.04. The number of nitrogens with zero attached hydrogens (tertiary/aromatic N) is 3. The first-order chi connectivity index (χ1) is 13.3. The summed E-state index contributed by atoms with van der Waals surface area (Å²) in [4.78, 5) is 20.9. The maximum atomic E-state index is 12.7. The Balaban J connectivity index is 1.72. The van der Waals surface area contributed by atoms with Crippen LogP contribution in [0.5, 0.6) is 0 Å². The summed E-state index contributed by atoms with van der Waals surface area (Å²) in [6.45, 7) is 4.72. The molecule has 1 fully saturated rings. The van der Waals surface area contributed by atoms with Crippen LogP contribution in [0, 0.1) is 6.92 Å². The number of sulfonamides is 1. The summed E-state index contributed by atoms with van der Waals surface area (Å²) in [5, 5.41) is 0.377. The molecule has 150 valence electrons. The van der Waals surface area contributed by atoms with E-state index in [-0.39, 0.29) is 23.0 Å². The summed E-state index contributed by atoms with van der Waals surface area (Å²) in [5.74, 6) is 0.161. The van der Waals surface area contributed by atoms with Crippen LogP contribution < -0.4 is 4.72 Å². The second-order valence-electron chi connectivity index (χ2n) is 6.84. The highest BCUT2D eigenvalue weighted by Gasteiger charge is 2.21. The van der Waals surface area contributed by atoms with Gasteiger partial charge in [0.25, 0.3) is 10.0 Å². The Morgan fingerprint density at radius 2 is 1.82 bits per heavy atom. The number of anilines is 1. The van der Waals surface area contributed by atoms with Gasteiger partial charge in [0, 0.05) is 31.2 Å². The van der Waals surface area contributed by atoms with Crippen molar-refractivity contribution in [2.45, 2.75) is 18.2 Å². The fraction of sp³-hybridized carbons (Fsp3) is 0.368. The summed E-state index contributed by atoms with van der Waals surface area (Å²) in [5.41, 5.74) is 0.991. The molecule has 1 amide bonds. The molecular formula is C19H23ClN4O3S. The minimum Gasteiger partial charge on any atom is -0.340 e. The SMILES string of the molecule is Cc1c(Cl)cccc1S(=O)(=O)Nc1cccc(CC(=O)N2CCN(C)CC2)n1. The Hall–Kier alpha value is -2.16. The normalized spacial score (nSPS) is 15.5. The van der Waals surface area contributed by atoms with Crippen molar-refractivity contribution in [3.63, 3.8) is 0 Å². The number of hydrogen-bond donors (Lipinski definition) is 1. The maximum Gasteiger partial charge on any atom is 0.263 e. The number of hydrogen-bond acceptors (Lipinski definition) is 5. The van der Waals surface area contributed by atoms with Gasteiger partial charge in [0.05, 0.1) is 17.0 Å². The average molecular weight is 423 g/mol. The molecule has 1 N–H and O–H groups in total. The molecule has 0 spiro atoms. The lowest BCUT2D eigenvalue weighted by Gasteiger charge is -2.32. The molecule has 1 aliphatic heterocycles. The van der Waals surface area contributed by atoms with Crippen molar-refractivity contribution in [1.29, 1.82) is 0 Å². The molecule has 28 heavy (non-hydrogen) atoms. The van der Waals surface area contributed by atoms with E-state index in [0.717, 1.165) is 13.1 Å². The number of nitrogens with one attached hydrogen (secondary N) is 1. The quantitative estimate of drug-likeness (QED) is 0.798. The van der Waals surface area contributed by atoms with Crippen LogP contribution >= 0.6 is 11.6 Å². The van der Waals surface area contributed by atoms with Crippen LogP contribution in [0.2, 0.25) is 5.02 Å². The van der Waals surface area contributed by atoms with E-state index >= 15 is 0 Å². The maximum absolute atomic E-state index is 12.7. The zero-order valence-electron chi connectivity index (χ0n) is 15.9. The smallest absolute Gasteiger partial charge is 0.263 e. The van der Waals surface area contributed by atoms with Gasteiger partial charge in [-0.05, 0) is 43.8 Å². The highest BCUT2D eigenvalue weighted by atomic mass is 35.5. The van der Waals surface area contributed by atoms with Crippen molar-refractivity contribution in [1.82, 2.24) is 14.8 Å². The van der Waals surface area contributed by atoms with E-state index in [1.165, 1.54) is 6.07 Å². The lowest BCUT2D eigenvalue weighted by molar-refractivity contribution is -0.132.